The van der Waals surface area contributed by atoms with Crippen molar-refractivity contribution in [1.29, 1.82) is 0 Å². The zero-order chi connectivity index (χ0) is 14.6. The van der Waals surface area contributed by atoms with Crippen molar-refractivity contribution in [2.45, 2.75) is 46.1 Å². The molecule has 19 heavy (non-hydrogen) atoms. The van der Waals surface area contributed by atoms with Crippen LogP contribution in [0.5, 0.6) is 5.75 Å². The molecule has 0 aliphatic heterocycles. The Hall–Kier alpha value is -1.66. The first kappa shape index (κ1) is 15.4. The van der Waals surface area contributed by atoms with Gasteiger partial charge in [-0.2, -0.15) is 0 Å². The van der Waals surface area contributed by atoms with E-state index in [0.29, 0.717) is 11.3 Å². The number of nitrogens with one attached hydrogen (secondary N) is 1. The molecule has 0 saturated heterocycles. The van der Waals surface area contributed by atoms with Gasteiger partial charge in [-0.15, -0.1) is 0 Å². The number of rotatable bonds is 6. The predicted molar refractivity (Wildman–Crippen MR) is 72.2 cm³/mol. The molecule has 0 saturated carbocycles. The third-order valence-electron chi connectivity index (χ3n) is 2.64. The molecular formula is C13H20N2O4. The van der Waals surface area contributed by atoms with Crippen molar-refractivity contribution in [3.05, 3.63) is 33.9 Å². The Balaban J connectivity index is 2.97. The van der Waals surface area contributed by atoms with Crippen molar-refractivity contribution in [3.63, 3.8) is 0 Å². The Labute approximate surface area is 112 Å². The molecule has 0 spiro atoms. The van der Waals surface area contributed by atoms with E-state index < -0.39 is 17.3 Å². The van der Waals surface area contributed by atoms with Crippen molar-refractivity contribution in [3.8, 4) is 5.75 Å². The summed E-state index contributed by atoms with van der Waals surface area (Å²) < 4.78 is 5.64. The Morgan fingerprint density at radius 1 is 1.37 bits per heavy atom. The molecule has 0 amide bonds. The lowest BCUT2D eigenvalue weighted by Gasteiger charge is -2.25. The van der Waals surface area contributed by atoms with Gasteiger partial charge in [0, 0.05) is 12.1 Å². The van der Waals surface area contributed by atoms with Gasteiger partial charge in [0.1, 0.15) is 11.9 Å². The molecule has 0 aliphatic carbocycles. The van der Waals surface area contributed by atoms with Crippen LogP contribution in [-0.2, 0) is 0 Å². The maximum atomic E-state index is 10.9. The number of hydrogen-bond acceptors (Lipinski definition) is 5. The molecule has 1 aromatic rings. The summed E-state index contributed by atoms with van der Waals surface area (Å²) >= 11 is 0. The van der Waals surface area contributed by atoms with Crippen molar-refractivity contribution < 1.29 is 14.8 Å². The fraction of sp³-hybridized carbons (Fsp3) is 0.538. The van der Waals surface area contributed by atoms with Gasteiger partial charge in [0.05, 0.1) is 10.5 Å². The van der Waals surface area contributed by atoms with Crippen molar-refractivity contribution in [2.24, 2.45) is 0 Å². The fourth-order valence-corrected chi connectivity index (χ4v) is 1.67. The molecule has 2 atom stereocenters. The second-order valence-corrected chi connectivity index (χ2v) is 4.76. The number of nitro benzene ring substituents is 1. The topological polar surface area (TPSA) is 84.6 Å². The Bertz CT molecular complexity index is 446. The number of benzene rings is 1. The normalized spacial score (nSPS) is 14.2. The smallest absolute Gasteiger partial charge is 0.276 e. The van der Waals surface area contributed by atoms with Gasteiger partial charge in [0.15, 0.2) is 6.23 Å². The third kappa shape index (κ3) is 4.18. The number of nitro groups is 1. The van der Waals surface area contributed by atoms with Gasteiger partial charge in [0.25, 0.3) is 5.69 Å². The molecule has 0 radical (unpaired) electrons. The van der Waals surface area contributed by atoms with Crippen LogP contribution >= 0.6 is 0 Å². The minimum atomic E-state index is -0.735. The average molecular weight is 268 g/mol. The standard InChI is InChI=1S/C13H20N2O4/c1-8(2)14-13(10(4)16)19-12-7-5-6-11(9(12)3)15(17)18/h5-8,10,13-14,16H,1-4H3. The Morgan fingerprint density at radius 2 is 2.00 bits per heavy atom. The van der Waals surface area contributed by atoms with Gasteiger partial charge in [-0.3, -0.25) is 15.4 Å². The van der Waals surface area contributed by atoms with Crippen LogP contribution in [0.1, 0.15) is 26.3 Å². The van der Waals surface area contributed by atoms with Crippen LogP contribution in [0, 0.1) is 17.0 Å². The quantitative estimate of drug-likeness (QED) is 0.468. The SMILES string of the molecule is Cc1c(OC(NC(C)C)C(C)O)cccc1[N+](=O)[O-]. The minimum Gasteiger partial charge on any atom is -0.472 e. The summed E-state index contributed by atoms with van der Waals surface area (Å²) in [5, 5.41) is 23.6. The van der Waals surface area contributed by atoms with E-state index in [-0.39, 0.29) is 11.7 Å². The van der Waals surface area contributed by atoms with Crippen molar-refractivity contribution in [2.75, 3.05) is 0 Å². The van der Waals surface area contributed by atoms with E-state index in [2.05, 4.69) is 5.32 Å². The van der Waals surface area contributed by atoms with E-state index in [1.54, 1.807) is 26.0 Å². The summed E-state index contributed by atoms with van der Waals surface area (Å²) in [7, 11) is 0. The first-order valence-corrected chi connectivity index (χ1v) is 6.17. The average Bonchev–Trinajstić information content (AvgIpc) is 2.29. The lowest BCUT2D eigenvalue weighted by molar-refractivity contribution is -0.385. The second kappa shape index (κ2) is 6.49. The maximum absolute atomic E-state index is 10.9. The fourth-order valence-electron chi connectivity index (χ4n) is 1.67. The van der Waals surface area contributed by atoms with Crippen LogP contribution in [0.2, 0.25) is 0 Å². The van der Waals surface area contributed by atoms with E-state index in [9.17, 15) is 15.2 Å². The molecule has 1 rings (SSSR count). The third-order valence-corrected chi connectivity index (χ3v) is 2.64. The van der Waals surface area contributed by atoms with Gasteiger partial charge in [-0.1, -0.05) is 6.07 Å². The molecule has 0 bridgehead atoms. The van der Waals surface area contributed by atoms with Crippen LogP contribution in [0.25, 0.3) is 0 Å². The molecule has 2 unspecified atom stereocenters. The number of ether oxygens (including phenoxy) is 1. The monoisotopic (exact) mass is 268 g/mol. The second-order valence-electron chi connectivity index (χ2n) is 4.76. The van der Waals surface area contributed by atoms with E-state index in [1.807, 2.05) is 13.8 Å². The molecule has 6 nitrogen and oxygen atoms in total. The lowest BCUT2D eigenvalue weighted by Crippen LogP contribution is -2.46. The van der Waals surface area contributed by atoms with Crippen LogP contribution in [0.15, 0.2) is 18.2 Å². The summed E-state index contributed by atoms with van der Waals surface area (Å²) in [5.41, 5.74) is 0.454. The predicted octanol–water partition coefficient (Wildman–Crippen LogP) is 1.99. The van der Waals surface area contributed by atoms with E-state index in [1.165, 1.54) is 6.07 Å². The maximum Gasteiger partial charge on any atom is 0.276 e. The summed E-state index contributed by atoms with van der Waals surface area (Å²) in [6, 6.07) is 4.77. The Kier molecular flexibility index (Phi) is 5.26. The van der Waals surface area contributed by atoms with Gasteiger partial charge in [0.2, 0.25) is 0 Å². The molecular weight excluding hydrogens is 248 g/mol. The Morgan fingerprint density at radius 3 is 2.47 bits per heavy atom. The van der Waals surface area contributed by atoms with Crippen LogP contribution in [0.4, 0.5) is 5.69 Å². The molecule has 106 valence electrons. The molecule has 0 aliphatic rings. The highest BCUT2D eigenvalue weighted by atomic mass is 16.6. The molecule has 1 aromatic carbocycles. The zero-order valence-corrected chi connectivity index (χ0v) is 11.6. The first-order valence-electron chi connectivity index (χ1n) is 6.17. The summed E-state index contributed by atoms with van der Waals surface area (Å²) in [4.78, 5) is 10.4. The summed E-state index contributed by atoms with van der Waals surface area (Å²) in [5.74, 6) is 0.397. The first-order chi connectivity index (χ1) is 8.82. The van der Waals surface area contributed by atoms with Gasteiger partial charge < -0.3 is 9.84 Å². The molecule has 0 aromatic heterocycles. The van der Waals surface area contributed by atoms with Crippen LogP contribution in [0.3, 0.4) is 0 Å². The largest absolute Gasteiger partial charge is 0.472 e. The van der Waals surface area contributed by atoms with Gasteiger partial charge in [-0.25, -0.2) is 0 Å². The molecule has 6 heteroatoms. The minimum absolute atomic E-state index is 0.00592. The molecule has 0 heterocycles. The molecule has 0 fully saturated rings. The highest BCUT2D eigenvalue weighted by Crippen LogP contribution is 2.27. The summed E-state index contributed by atoms with van der Waals surface area (Å²) in [6.45, 7) is 7.09. The van der Waals surface area contributed by atoms with Gasteiger partial charge >= 0.3 is 0 Å². The number of aliphatic hydroxyl groups is 1. The van der Waals surface area contributed by atoms with Crippen molar-refractivity contribution >= 4 is 5.69 Å². The number of nitrogens with zero attached hydrogens (tertiary/aromatic N) is 1. The summed E-state index contributed by atoms with van der Waals surface area (Å²) in [6.07, 6.45) is -1.35. The highest BCUT2D eigenvalue weighted by molar-refractivity contribution is 5.48. The van der Waals surface area contributed by atoms with Crippen LogP contribution in [-0.4, -0.2) is 28.4 Å². The van der Waals surface area contributed by atoms with Gasteiger partial charge in [-0.05, 0) is 33.8 Å². The number of aliphatic hydroxyl groups excluding tert-OH is 1. The molecule has 2 N–H and O–H groups in total. The lowest BCUT2D eigenvalue weighted by atomic mass is 10.2. The van der Waals surface area contributed by atoms with E-state index in [0.717, 1.165) is 0 Å². The van der Waals surface area contributed by atoms with E-state index in [4.69, 9.17) is 4.74 Å². The zero-order valence-electron chi connectivity index (χ0n) is 11.6. The van der Waals surface area contributed by atoms with Crippen molar-refractivity contribution in [1.82, 2.24) is 5.32 Å². The van der Waals surface area contributed by atoms with E-state index >= 15 is 0 Å². The van der Waals surface area contributed by atoms with Crippen LogP contribution < -0.4 is 10.1 Å². The number of hydrogen-bond donors (Lipinski definition) is 2. The highest BCUT2D eigenvalue weighted by Gasteiger charge is 2.21.